The van der Waals surface area contributed by atoms with Gasteiger partial charge in [0.05, 0.1) is 17.9 Å². The van der Waals surface area contributed by atoms with Crippen molar-refractivity contribution < 1.29 is 14.3 Å². The maximum Gasteiger partial charge on any atom is 0.338 e. The summed E-state index contributed by atoms with van der Waals surface area (Å²) in [4.78, 5) is 14.4. The highest BCUT2D eigenvalue weighted by atomic mass is 16.5. The summed E-state index contributed by atoms with van der Waals surface area (Å²) in [6.07, 6.45) is 3.34. The van der Waals surface area contributed by atoms with E-state index in [1.54, 1.807) is 0 Å². The van der Waals surface area contributed by atoms with E-state index in [4.69, 9.17) is 9.47 Å². The van der Waals surface area contributed by atoms with E-state index in [2.05, 4.69) is 62.9 Å². The van der Waals surface area contributed by atoms with Gasteiger partial charge in [0.2, 0.25) is 0 Å². The molecule has 35 heavy (non-hydrogen) atoms. The monoisotopic (exact) mass is 469 g/mol. The minimum Gasteiger partial charge on any atom is -0.489 e. The lowest BCUT2D eigenvalue weighted by molar-refractivity contribution is 0.0526. The number of benzene rings is 3. The van der Waals surface area contributed by atoms with Gasteiger partial charge in [0.1, 0.15) is 12.4 Å². The summed E-state index contributed by atoms with van der Waals surface area (Å²) in [6.45, 7) is 12.4. The molecule has 0 fully saturated rings. The molecule has 0 saturated heterocycles. The zero-order valence-corrected chi connectivity index (χ0v) is 21.4. The summed E-state index contributed by atoms with van der Waals surface area (Å²) < 4.78 is 11.5. The minimum absolute atomic E-state index is 0.00287. The molecule has 0 amide bonds. The SMILES string of the molecule is CCOC(=O)c1ccc(N(CC)c2cc(OCc3ccccc3)cc3c2C(C)=CCC3(C)C)cc1. The van der Waals surface area contributed by atoms with Crippen LogP contribution < -0.4 is 9.64 Å². The van der Waals surface area contributed by atoms with Gasteiger partial charge in [0, 0.05) is 23.9 Å². The van der Waals surface area contributed by atoms with Crippen molar-refractivity contribution in [3.8, 4) is 5.75 Å². The summed E-state index contributed by atoms with van der Waals surface area (Å²) in [7, 11) is 0. The molecule has 0 atom stereocenters. The van der Waals surface area contributed by atoms with Gasteiger partial charge in [-0.2, -0.15) is 0 Å². The first kappa shape index (κ1) is 24.6. The molecule has 1 aliphatic carbocycles. The molecule has 0 heterocycles. The van der Waals surface area contributed by atoms with E-state index in [0.29, 0.717) is 18.8 Å². The lowest BCUT2D eigenvalue weighted by Gasteiger charge is -2.36. The summed E-state index contributed by atoms with van der Waals surface area (Å²) in [5.41, 5.74) is 7.71. The predicted octanol–water partition coefficient (Wildman–Crippen LogP) is 7.68. The molecular weight excluding hydrogens is 434 g/mol. The summed E-state index contributed by atoms with van der Waals surface area (Å²) >= 11 is 0. The molecular formula is C31H35NO3. The summed E-state index contributed by atoms with van der Waals surface area (Å²) in [5.74, 6) is 0.572. The fraction of sp³-hybridized carbons (Fsp3) is 0.323. The van der Waals surface area contributed by atoms with Gasteiger partial charge in [0.25, 0.3) is 0 Å². The Bertz CT molecular complexity index is 1210. The number of ether oxygens (including phenoxy) is 2. The minimum atomic E-state index is -0.295. The molecule has 4 rings (SSSR count). The lowest BCUT2D eigenvalue weighted by atomic mass is 9.73. The van der Waals surface area contributed by atoms with E-state index in [9.17, 15) is 4.79 Å². The molecule has 0 unspecified atom stereocenters. The van der Waals surface area contributed by atoms with Crippen molar-refractivity contribution in [3.63, 3.8) is 0 Å². The van der Waals surface area contributed by atoms with Gasteiger partial charge in [-0.3, -0.25) is 0 Å². The van der Waals surface area contributed by atoms with Crippen molar-refractivity contribution in [2.45, 2.75) is 53.1 Å². The van der Waals surface area contributed by atoms with Crippen LogP contribution in [0.3, 0.4) is 0 Å². The Kier molecular flexibility index (Phi) is 7.30. The molecule has 1 aliphatic rings. The normalized spacial score (nSPS) is 14.0. The Morgan fingerprint density at radius 3 is 2.37 bits per heavy atom. The quantitative estimate of drug-likeness (QED) is 0.317. The van der Waals surface area contributed by atoms with Crippen LogP contribution >= 0.6 is 0 Å². The van der Waals surface area contributed by atoms with Gasteiger partial charge in [-0.05, 0) is 79.6 Å². The molecule has 0 saturated carbocycles. The second-order valence-corrected chi connectivity index (χ2v) is 9.63. The maximum absolute atomic E-state index is 12.1. The topological polar surface area (TPSA) is 38.8 Å². The van der Waals surface area contributed by atoms with Crippen molar-refractivity contribution >= 4 is 22.9 Å². The Morgan fingerprint density at radius 2 is 1.71 bits per heavy atom. The highest BCUT2D eigenvalue weighted by Crippen LogP contribution is 2.46. The number of fused-ring (bicyclic) bond motifs is 1. The van der Waals surface area contributed by atoms with E-state index < -0.39 is 0 Å². The number of carbonyl (C=O) groups excluding carboxylic acids is 1. The van der Waals surface area contributed by atoms with Crippen LogP contribution in [0.15, 0.2) is 72.8 Å². The van der Waals surface area contributed by atoms with Crippen LogP contribution in [0, 0.1) is 0 Å². The number of esters is 1. The Hall–Kier alpha value is -3.53. The third-order valence-electron chi connectivity index (χ3n) is 6.68. The van der Waals surface area contributed by atoms with Crippen molar-refractivity contribution in [1.29, 1.82) is 0 Å². The summed E-state index contributed by atoms with van der Waals surface area (Å²) in [6, 6.07) is 22.3. The van der Waals surface area contributed by atoms with Gasteiger partial charge in [0.15, 0.2) is 0 Å². The van der Waals surface area contributed by atoms with Crippen molar-refractivity contribution in [2.75, 3.05) is 18.1 Å². The van der Waals surface area contributed by atoms with Crippen molar-refractivity contribution in [3.05, 3.63) is 95.1 Å². The van der Waals surface area contributed by atoms with Crippen LogP contribution in [-0.4, -0.2) is 19.1 Å². The van der Waals surface area contributed by atoms with Crippen LogP contribution in [0.5, 0.6) is 5.75 Å². The van der Waals surface area contributed by atoms with E-state index >= 15 is 0 Å². The average molecular weight is 470 g/mol. The molecule has 4 nitrogen and oxygen atoms in total. The Morgan fingerprint density at radius 1 is 1.00 bits per heavy atom. The van der Waals surface area contributed by atoms with Gasteiger partial charge in [-0.15, -0.1) is 0 Å². The zero-order chi connectivity index (χ0) is 25.0. The fourth-order valence-corrected chi connectivity index (χ4v) is 4.69. The van der Waals surface area contributed by atoms with Gasteiger partial charge >= 0.3 is 5.97 Å². The fourth-order valence-electron chi connectivity index (χ4n) is 4.69. The van der Waals surface area contributed by atoms with E-state index in [1.807, 2.05) is 49.4 Å². The first-order valence-electron chi connectivity index (χ1n) is 12.4. The van der Waals surface area contributed by atoms with Gasteiger partial charge in [-0.1, -0.05) is 50.3 Å². The number of nitrogens with zero attached hydrogens (tertiary/aromatic N) is 1. The number of hydrogen-bond donors (Lipinski definition) is 0. The molecule has 3 aromatic rings. The largest absolute Gasteiger partial charge is 0.489 e. The average Bonchev–Trinajstić information content (AvgIpc) is 2.87. The van der Waals surface area contributed by atoms with E-state index in [1.165, 1.54) is 16.7 Å². The summed E-state index contributed by atoms with van der Waals surface area (Å²) in [5, 5.41) is 0. The molecule has 3 aromatic carbocycles. The molecule has 0 spiro atoms. The van der Waals surface area contributed by atoms with Gasteiger partial charge in [-0.25, -0.2) is 4.79 Å². The number of rotatable bonds is 8. The van der Waals surface area contributed by atoms with Crippen LogP contribution in [0.1, 0.15) is 68.1 Å². The maximum atomic E-state index is 12.1. The molecule has 0 radical (unpaired) electrons. The standard InChI is InChI=1S/C31H35NO3/c1-6-32(25-15-13-24(14-16-25)30(33)34-7-2)28-20-26(35-21-23-11-9-8-10-12-23)19-27-29(28)22(3)17-18-31(27,4)5/h8-17,19-20H,6-7,18,21H2,1-5H3. The molecule has 0 aliphatic heterocycles. The number of allylic oxidation sites excluding steroid dienone is 2. The second kappa shape index (κ2) is 10.4. The highest BCUT2D eigenvalue weighted by Gasteiger charge is 2.31. The van der Waals surface area contributed by atoms with E-state index in [-0.39, 0.29) is 11.4 Å². The molecule has 182 valence electrons. The first-order valence-corrected chi connectivity index (χ1v) is 12.4. The predicted molar refractivity (Wildman–Crippen MR) is 144 cm³/mol. The van der Waals surface area contributed by atoms with Crippen LogP contribution in [0.4, 0.5) is 11.4 Å². The van der Waals surface area contributed by atoms with Crippen LogP contribution in [0.25, 0.3) is 5.57 Å². The molecule has 0 aromatic heterocycles. The zero-order valence-electron chi connectivity index (χ0n) is 21.4. The lowest BCUT2D eigenvalue weighted by Crippen LogP contribution is -2.25. The van der Waals surface area contributed by atoms with Crippen molar-refractivity contribution in [2.24, 2.45) is 0 Å². The van der Waals surface area contributed by atoms with Crippen LogP contribution in [0.2, 0.25) is 0 Å². The molecule has 0 bridgehead atoms. The van der Waals surface area contributed by atoms with E-state index in [0.717, 1.165) is 35.7 Å². The van der Waals surface area contributed by atoms with Crippen molar-refractivity contribution in [1.82, 2.24) is 0 Å². The highest BCUT2D eigenvalue weighted by molar-refractivity contribution is 5.90. The number of anilines is 2. The molecule has 0 N–H and O–H groups in total. The Labute approximate surface area is 209 Å². The van der Waals surface area contributed by atoms with Crippen LogP contribution in [-0.2, 0) is 16.8 Å². The molecule has 4 heteroatoms. The van der Waals surface area contributed by atoms with Gasteiger partial charge < -0.3 is 14.4 Å². The second-order valence-electron chi connectivity index (χ2n) is 9.63. The smallest absolute Gasteiger partial charge is 0.338 e. The number of carbonyl (C=O) groups is 1. The number of hydrogen-bond acceptors (Lipinski definition) is 4. The first-order chi connectivity index (χ1) is 16.8. The third-order valence-corrected chi connectivity index (χ3v) is 6.68. The third kappa shape index (κ3) is 5.27. The Balaban J connectivity index is 1.76.